The molecule has 2 aliphatic rings. The molecule has 1 aromatic carbocycles. The van der Waals surface area contributed by atoms with Crippen molar-refractivity contribution in [3.05, 3.63) is 41.7 Å². The minimum absolute atomic E-state index is 0.00888. The molecule has 1 fully saturated rings. The summed E-state index contributed by atoms with van der Waals surface area (Å²) >= 11 is 0. The molecule has 1 aromatic rings. The first-order valence-electron chi connectivity index (χ1n) is 9.22. The average Bonchev–Trinajstić information content (AvgIpc) is 2.63. The maximum atomic E-state index is 13.8. The van der Waals surface area contributed by atoms with Gasteiger partial charge in [0.2, 0.25) is 5.91 Å². The van der Waals surface area contributed by atoms with E-state index in [0.29, 0.717) is 12.8 Å². The van der Waals surface area contributed by atoms with E-state index < -0.39 is 0 Å². The van der Waals surface area contributed by atoms with E-state index in [4.69, 9.17) is 0 Å². The molecule has 5 heteroatoms. The number of carbonyl (C=O) groups is 1. The molecule has 0 spiro atoms. The number of amides is 1. The Balaban J connectivity index is 1.74. The average molecular weight is 346 g/mol. The number of nitrogens with zero attached hydrogens (tertiary/aromatic N) is 1. The number of benzene rings is 1. The van der Waals surface area contributed by atoms with Crippen LogP contribution in [0.4, 0.5) is 10.1 Å². The zero-order chi connectivity index (χ0) is 17.8. The summed E-state index contributed by atoms with van der Waals surface area (Å²) in [5, 5.41) is 12.8. The number of carbonyl (C=O) groups excluding carboxylic acids is 1. The highest BCUT2D eigenvalue weighted by Gasteiger charge is 2.24. The van der Waals surface area contributed by atoms with Gasteiger partial charge in [0.1, 0.15) is 5.82 Å². The van der Waals surface area contributed by atoms with Crippen LogP contribution in [0.25, 0.3) is 0 Å². The van der Waals surface area contributed by atoms with Crippen molar-refractivity contribution in [2.75, 3.05) is 18.0 Å². The molecule has 136 valence electrons. The van der Waals surface area contributed by atoms with Crippen LogP contribution < -0.4 is 10.2 Å². The van der Waals surface area contributed by atoms with E-state index in [1.54, 1.807) is 6.07 Å². The van der Waals surface area contributed by atoms with E-state index in [9.17, 15) is 14.3 Å². The van der Waals surface area contributed by atoms with Gasteiger partial charge in [0, 0.05) is 30.3 Å². The molecule has 4 nitrogen and oxygen atoms in total. The minimum atomic E-state index is -0.294. The zero-order valence-electron chi connectivity index (χ0n) is 14.7. The number of piperidine rings is 1. The third-order valence-electron chi connectivity index (χ3n) is 5.26. The van der Waals surface area contributed by atoms with Crippen LogP contribution in [0.2, 0.25) is 0 Å². The van der Waals surface area contributed by atoms with Gasteiger partial charge in [-0.25, -0.2) is 4.39 Å². The fourth-order valence-electron chi connectivity index (χ4n) is 3.71. The van der Waals surface area contributed by atoms with Gasteiger partial charge in [0.25, 0.3) is 0 Å². The number of rotatable bonds is 4. The molecule has 3 rings (SSSR count). The van der Waals surface area contributed by atoms with Crippen molar-refractivity contribution in [1.29, 1.82) is 0 Å². The molecule has 0 aromatic heterocycles. The van der Waals surface area contributed by atoms with Crippen molar-refractivity contribution in [2.45, 2.75) is 51.2 Å². The first-order valence-corrected chi connectivity index (χ1v) is 9.22. The summed E-state index contributed by atoms with van der Waals surface area (Å²) in [7, 11) is 0. The summed E-state index contributed by atoms with van der Waals surface area (Å²) in [6.07, 6.45) is 7.93. The molecule has 0 radical (unpaired) electrons. The van der Waals surface area contributed by atoms with Gasteiger partial charge in [0.15, 0.2) is 0 Å². The lowest BCUT2D eigenvalue weighted by Gasteiger charge is -2.34. The molecule has 25 heavy (non-hydrogen) atoms. The first kappa shape index (κ1) is 17.9. The SMILES string of the molecule is CC(NC(=O)C1CC=CCC1)c1cc(F)ccc1N1CCC(O)CC1. The maximum absolute atomic E-state index is 13.8. The van der Waals surface area contributed by atoms with Crippen LogP contribution in [0.1, 0.15) is 50.6 Å². The Morgan fingerprint density at radius 1 is 1.28 bits per heavy atom. The first-order chi connectivity index (χ1) is 12.0. The van der Waals surface area contributed by atoms with E-state index in [-0.39, 0.29) is 29.8 Å². The Kier molecular flexibility index (Phi) is 5.74. The number of allylic oxidation sites excluding steroid dienone is 2. The monoisotopic (exact) mass is 346 g/mol. The molecule has 0 bridgehead atoms. The second-order valence-corrected chi connectivity index (χ2v) is 7.13. The van der Waals surface area contributed by atoms with Crippen molar-refractivity contribution in [2.24, 2.45) is 5.92 Å². The number of nitrogens with one attached hydrogen (secondary N) is 1. The molecular formula is C20H27FN2O2. The van der Waals surface area contributed by atoms with Gasteiger partial charge < -0.3 is 15.3 Å². The van der Waals surface area contributed by atoms with Crippen LogP contribution >= 0.6 is 0 Å². The molecule has 0 saturated carbocycles. The van der Waals surface area contributed by atoms with Gasteiger partial charge in [-0.3, -0.25) is 4.79 Å². The van der Waals surface area contributed by atoms with Gasteiger partial charge in [-0.15, -0.1) is 0 Å². The van der Waals surface area contributed by atoms with E-state index in [1.807, 2.05) is 6.92 Å². The summed E-state index contributed by atoms with van der Waals surface area (Å²) in [4.78, 5) is 14.7. The lowest BCUT2D eigenvalue weighted by molar-refractivity contribution is -0.125. The quantitative estimate of drug-likeness (QED) is 0.823. The van der Waals surface area contributed by atoms with E-state index in [0.717, 1.165) is 43.6 Å². The summed E-state index contributed by atoms with van der Waals surface area (Å²) in [6, 6.07) is 4.51. The van der Waals surface area contributed by atoms with Crippen LogP contribution in [0.3, 0.4) is 0 Å². The van der Waals surface area contributed by atoms with Gasteiger partial charge in [-0.1, -0.05) is 12.2 Å². The van der Waals surface area contributed by atoms with Crippen molar-refractivity contribution in [3.63, 3.8) is 0 Å². The van der Waals surface area contributed by atoms with Crippen molar-refractivity contribution >= 4 is 11.6 Å². The maximum Gasteiger partial charge on any atom is 0.223 e. The minimum Gasteiger partial charge on any atom is -0.393 e. The standard InChI is InChI=1S/C20H27FN2O2/c1-14(22-20(25)15-5-3-2-4-6-15)18-13-16(21)7-8-19(18)23-11-9-17(24)10-12-23/h2-3,7-8,13-15,17,24H,4-6,9-12H2,1H3,(H,22,25). The number of aliphatic hydroxyl groups excluding tert-OH is 1. The van der Waals surface area contributed by atoms with Crippen LogP contribution in [0.15, 0.2) is 30.4 Å². The number of aliphatic hydroxyl groups is 1. The number of anilines is 1. The van der Waals surface area contributed by atoms with Crippen LogP contribution in [-0.2, 0) is 4.79 Å². The van der Waals surface area contributed by atoms with Crippen molar-refractivity contribution in [3.8, 4) is 0 Å². The van der Waals surface area contributed by atoms with E-state index in [2.05, 4.69) is 22.4 Å². The topological polar surface area (TPSA) is 52.6 Å². The third kappa shape index (κ3) is 4.40. The molecule has 1 aliphatic heterocycles. The van der Waals surface area contributed by atoms with E-state index >= 15 is 0 Å². The smallest absolute Gasteiger partial charge is 0.223 e. The lowest BCUT2D eigenvalue weighted by Crippen LogP contribution is -2.38. The molecule has 2 unspecified atom stereocenters. The zero-order valence-corrected chi connectivity index (χ0v) is 14.7. The fourth-order valence-corrected chi connectivity index (χ4v) is 3.71. The Bertz CT molecular complexity index is 639. The van der Waals surface area contributed by atoms with Crippen LogP contribution in [0.5, 0.6) is 0 Å². The number of hydrogen-bond donors (Lipinski definition) is 2. The third-order valence-corrected chi connectivity index (χ3v) is 5.26. The second kappa shape index (κ2) is 8.00. The van der Waals surface area contributed by atoms with Gasteiger partial charge >= 0.3 is 0 Å². The van der Waals surface area contributed by atoms with Crippen molar-refractivity contribution < 1.29 is 14.3 Å². The van der Waals surface area contributed by atoms with Crippen LogP contribution in [-0.4, -0.2) is 30.2 Å². The molecular weight excluding hydrogens is 319 g/mol. The number of halogens is 1. The van der Waals surface area contributed by atoms with Crippen LogP contribution in [0, 0.1) is 11.7 Å². The van der Waals surface area contributed by atoms with E-state index in [1.165, 1.54) is 12.1 Å². The van der Waals surface area contributed by atoms with Gasteiger partial charge in [-0.2, -0.15) is 0 Å². The van der Waals surface area contributed by atoms with Gasteiger partial charge in [-0.05, 0) is 57.2 Å². The molecule has 1 heterocycles. The molecule has 2 N–H and O–H groups in total. The highest BCUT2D eigenvalue weighted by molar-refractivity contribution is 5.79. The second-order valence-electron chi connectivity index (χ2n) is 7.13. The Morgan fingerprint density at radius 2 is 2.04 bits per heavy atom. The normalized spacial score (nSPS) is 22.7. The molecule has 1 amide bonds. The molecule has 2 atom stereocenters. The fraction of sp³-hybridized carbons (Fsp3) is 0.550. The number of hydrogen-bond acceptors (Lipinski definition) is 3. The molecule has 1 saturated heterocycles. The summed E-state index contributed by atoms with van der Waals surface area (Å²) < 4.78 is 13.8. The van der Waals surface area contributed by atoms with Gasteiger partial charge in [0.05, 0.1) is 12.1 Å². The Hall–Kier alpha value is -1.88. The predicted molar refractivity (Wildman–Crippen MR) is 96.9 cm³/mol. The predicted octanol–water partition coefficient (Wildman–Crippen LogP) is 3.32. The van der Waals surface area contributed by atoms with Crippen molar-refractivity contribution in [1.82, 2.24) is 5.32 Å². The largest absolute Gasteiger partial charge is 0.393 e. The molecule has 1 aliphatic carbocycles. The highest BCUT2D eigenvalue weighted by Crippen LogP contribution is 2.30. The summed E-state index contributed by atoms with van der Waals surface area (Å²) in [5.74, 6) is -0.242. The Labute approximate surface area is 148 Å². The lowest BCUT2D eigenvalue weighted by atomic mass is 9.93. The summed E-state index contributed by atoms with van der Waals surface area (Å²) in [6.45, 7) is 3.40. The Morgan fingerprint density at radius 3 is 2.72 bits per heavy atom. The summed E-state index contributed by atoms with van der Waals surface area (Å²) in [5.41, 5.74) is 1.75. The highest BCUT2D eigenvalue weighted by atomic mass is 19.1.